The van der Waals surface area contributed by atoms with Gasteiger partial charge in [0.25, 0.3) is 0 Å². The molecule has 0 unspecified atom stereocenters. The molecule has 12 heavy (non-hydrogen) atoms. The summed E-state index contributed by atoms with van der Waals surface area (Å²) in [6.07, 6.45) is 6.58. The third kappa shape index (κ3) is 4.17. The molecule has 0 nitrogen and oxygen atoms in total. The number of rotatable bonds is 6. The second-order valence-corrected chi connectivity index (χ2v) is 4.45. The third-order valence-electron chi connectivity index (χ3n) is 1.91. The topological polar surface area (TPSA) is 0 Å². The molecule has 0 atom stereocenters. The summed E-state index contributed by atoms with van der Waals surface area (Å²) in [5, 5.41) is 2.16. The third-order valence-corrected chi connectivity index (χ3v) is 3.16. The molecule has 68 valence electrons. The summed E-state index contributed by atoms with van der Waals surface area (Å²) < 4.78 is 0. The van der Waals surface area contributed by atoms with Crippen LogP contribution in [0.25, 0.3) is 0 Å². The Balaban J connectivity index is 1.96. The van der Waals surface area contributed by atoms with E-state index in [4.69, 9.17) is 0 Å². The Labute approximate surface area is 84.4 Å². The minimum atomic E-state index is 1.04. The van der Waals surface area contributed by atoms with E-state index in [1.54, 1.807) is 0 Å². The highest BCUT2D eigenvalue weighted by Crippen LogP contribution is 2.13. The van der Waals surface area contributed by atoms with Crippen molar-refractivity contribution in [2.45, 2.75) is 32.1 Å². The van der Waals surface area contributed by atoms with Gasteiger partial charge in [0.1, 0.15) is 0 Å². The van der Waals surface area contributed by atoms with Crippen molar-refractivity contribution in [3.8, 4) is 0 Å². The van der Waals surface area contributed by atoms with Gasteiger partial charge in [0.05, 0.1) is 0 Å². The molecule has 0 aromatic carbocycles. The van der Waals surface area contributed by atoms with Crippen LogP contribution in [-0.2, 0) is 6.42 Å². The largest absolute Gasteiger partial charge is 0.179 e. The fourth-order valence-corrected chi connectivity index (χ4v) is 2.19. The minimum Gasteiger partial charge on any atom is -0.179 e. The van der Waals surface area contributed by atoms with Gasteiger partial charge >= 0.3 is 0 Å². The van der Waals surface area contributed by atoms with Crippen molar-refractivity contribution in [1.82, 2.24) is 0 Å². The smallest absolute Gasteiger partial charge is 0.00452 e. The Bertz CT molecular complexity index is 180. The van der Waals surface area contributed by atoms with Gasteiger partial charge in [0, 0.05) is 4.88 Å². The molecule has 0 saturated carbocycles. The molecule has 0 aliphatic rings. The molecule has 1 heterocycles. The summed E-state index contributed by atoms with van der Waals surface area (Å²) in [5.41, 5.74) is 0. The summed E-state index contributed by atoms with van der Waals surface area (Å²) in [6.45, 7) is 0. The van der Waals surface area contributed by atoms with Crippen molar-refractivity contribution in [3.63, 3.8) is 0 Å². The van der Waals surface area contributed by atoms with Crippen molar-refractivity contribution < 1.29 is 0 Å². The highest BCUT2D eigenvalue weighted by atomic mass is 32.1. The van der Waals surface area contributed by atoms with Gasteiger partial charge in [-0.25, -0.2) is 0 Å². The first kappa shape index (κ1) is 10.1. The Morgan fingerprint density at radius 1 is 1.17 bits per heavy atom. The molecular formula is C10H16S2. The second kappa shape index (κ2) is 6.55. The lowest BCUT2D eigenvalue weighted by molar-refractivity contribution is 0.674. The van der Waals surface area contributed by atoms with E-state index < -0.39 is 0 Å². The molecule has 0 saturated heterocycles. The molecule has 0 bridgehead atoms. The first-order chi connectivity index (χ1) is 5.93. The molecule has 1 aromatic heterocycles. The first-order valence-electron chi connectivity index (χ1n) is 4.56. The predicted octanol–water partition coefficient (Wildman–Crippen LogP) is 3.78. The Morgan fingerprint density at radius 3 is 2.67 bits per heavy atom. The van der Waals surface area contributed by atoms with E-state index in [2.05, 4.69) is 30.1 Å². The van der Waals surface area contributed by atoms with Gasteiger partial charge in [-0.15, -0.1) is 11.3 Å². The number of thiophene rings is 1. The molecule has 0 aliphatic heterocycles. The Morgan fingerprint density at radius 2 is 2.00 bits per heavy atom. The van der Waals surface area contributed by atoms with Crippen molar-refractivity contribution in [3.05, 3.63) is 22.4 Å². The molecule has 1 aromatic rings. The van der Waals surface area contributed by atoms with Crippen molar-refractivity contribution in [2.24, 2.45) is 0 Å². The van der Waals surface area contributed by atoms with Crippen LogP contribution in [0.5, 0.6) is 0 Å². The monoisotopic (exact) mass is 200 g/mol. The Kier molecular flexibility index (Phi) is 5.53. The maximum Gasteiger partial charge on any atom is 0.00452 e. The standard InChI is InChI=1S/C10H16S2/c11-8-4-2-1-3-6-10-7-5-9-12-10/h5,7,9,11H,1-4,6,8H2. The zero-order valence-corrected chi connectivity index (χ0v) is 9.04. The fraction of sp³-hybridized carbons (Fsp3) is 0.600. The fourth-order valence-electron chi connectivity index (χ4n) is 1.22. The van der Waals surface area contributed by atoms with Crippen molar-refractivity contribution in [1.29, 1.82) is 0 Å². The van der Waals surface area contributed by atoms with E-state index in [9.17, 15) is 0 Å². The maximum absolute atomic E-state index is 4.18. The molecule has 0 radical (unpaired) electrons. The maximum atomic E-state index is 4.18. The lowest BCUT2D eigenvalue weighted by Crippen LogP contribution is -1.82. The molecule has 1 rings (SSSR count). The van der Waals surface area contributed by atoms with Crippen LogP contribution < -0.4 is 0 Å². The van der Waals surface area contributed by atoms with Gasteiger partial charge < -0.3 is 0 Å². The van der Waals surface area contributed by atoms with Gasteiger partial charge in [-0.05, 0) is 36.5 Å². The lowest BCUT2D eigenvalue weighted by atomic mass is 10.1. The highest BCUT2D eigenvalue weighted by molar-refractivity contribution is 7.80. The van der Waals surface area contributed by atoms with Crippen LogP contribution in [0.4, 0.5) is 0 Å². The number of unbranched alkanes of at least 4 members (excludes halogenated alkanes) is 3. The predicted molar refractivity (Wildman–Crippen MR) is 60.3 cm³/mol. The van der Waals surface area contributed by atoms with E-state index in [0.717, 1.165) is 5.75 Å². The van der Waals surface area contributed by atoms with Gasteiger partial charge in [-0.2, -0.15) is 12.6 Å². The molecule has 0 spiro atoms. The van der Waals surface area contributed by atoms with E-state index in [0.29, 0.717) is 0 Å². The Hall–Kier alpha value is 0.0500. The van der Waals surface area contributed by atoms with Gasteiger partial charge in [0.15, 0.2) is 0 Å². The molecular weight excluding hydrogens is 184 g/mol. The summed E-state index contributed by atoms with van der Waals surface area (Å²) in [5.74, 6) is 1.04. The van der Waals surface area contributed by atoms with Crippen LogP contribution in [0.15, 0.2) is 17.5 Å². The number of hydrogen-bond donors (Lipinski definition) is 1. The van der Waals surface area contributed by atoms with E-state index in [-0.39, 0.29) is 0 Å². The lowest BCUT2D eigenvalue weighted by Gasteiger charge is -1.97. The molecule has 0 aliphatic carbocycles. The molecule has 0 N–H and O–H groups in total. The first-order valence-corrected chi connectivity index (χ1v) is 6.08. The zero-order chi connectivity index (χ0) is 8.65. The van der Waals surface area contributed by atoms with Crippen molar-refractivity contribution >= 4 is 24.0 Å². The van der Waals surface area contributed by atoms with Crippen LogP contribution in [0.2, 0.25) is 0 Å². The van der Waals surface area contributed by atoms with E-state index in [1.165, 1.54) is 37.0 Å². The van der Waals surface area contributed by atoms with Crippen LogP contribution in [-0.4, -0.2) is 5.75 Å². The molecule has 0 fully saturated rings. The van der Waals surface area contributed by atoms with Gasteiger partial charge in [-0.3, -0.25) is 0 Å². The molecule has 2 heteroatoms. The average molecular weight is 200 g/mol. The van der Waals surface area contributed by atoms with Crippen LogP contribution in [0.3, 0.4) is 0 Å². The number of aryl methyl sites for hydroxylation is 1. The average Bonchev–Trinajstić information content (AvgIpc) is 2.57. The minimum absolute atomic E-state index is 1.04. The second-order valence-electron chi connectivity index (χ2n) is 2.97. The summed E-state index contributed by atoms with van der Waals surface area (Å²) >= 11 is 6.06. The summed E-state index contributed by atoms with van der Waals surface area (Å²) in [4.78, 5) is 1.53. The van der Waals surface area contributed by atoms with Gasteiger partial charge in [0.2, 0.25) is 0 Å². The van der Waals surface area contributed by atoms with Crippen molar-refractivity contribution in [2.75, 3.05) is 5.75 Å². The number of hydrogen-bond acceptors (Lipinski definition) is 2. The van der Waals surface area contributed by atoms with E-state index in [1.807, 2.05) is 11.3 Å². The van der Waals surface area contributed by atoms with Crippen LogP contribution >= 0.6 is 24.0 Å². The zero-order valence-electron chi connectivity index (χ0n) is 7.33. The SMILES string of the molecule is SCCCCCCc1cccs1. The summed E-state index contributed by atoms with van der Waals surface area (Å²) in [7, 11) is 0. The molecule has 0 amide bonds. The quantitative estimate of drug-likeness (QED) is 0.524. The van der Waals surface area contributed by atoms with E-state index >= 15 is 0 Å². The highest BCUT2D eigenvalue weighted by Gasteiger charge is 1.93. The van der Waals surface area contributed by atoms with Gasteiger partial charge in [-0.1, -0.05) is 18.9 Å². The van der Waals surface area contributed by atoms with Crippen LogP contribution in [0.1, 0.15) is 30.6 Å². The van der Waals surface area contributed by atoms with Crippen LogP contribution in [0, 0.1) is 0 Å². The summed E-state index contributed by atoms with van der Waals surface area (Å²) in [6, 6.07) is 4.36. The number of thiol groups is 1. The normalized spacial score (nSPS) is 10.4.